The number of carbonyl (C=O) groups excluding carboxylic acids is 2. The highest BCUT2D eigenvalue weighted by Gasteiger charge is 2.34. The highest BCUT2D eigenvalue weighted by molar-refractivity contribution is 6.11. The molecule has 0 aromatic heterocycles. The summed E-state index contributed by atoms with van der Waals surface area (Å²) in [5, 5.41) is 3.45. The molecule has 1 aliphatic rings. The second kappa shape index (κ2) is 7.30. The van der Waals surface area contributed by atoms with Crippen LogP contribution in [0.3, 0.4) is 0 Å². The maximum atomic E-state index is 12.3. The van der Waals surface area contributed by atoms with Crippen LogP contribution in [0.5, 0.6) is 11.5 Å². The smallest absolute Gasteiger partial charge is 0.340 e. The number of rotatable bonds is 6. The van der Waals surface area contributed by atoms with Gasteiger partial charge in [0.15, 0.2) is 5.76 Å². The quantitative estimate of drug-likeness (QED) is 0.340. The van der Waals surface area contributed by atoms with Crippen LogP contribution >= 0.6 is 0 Å². The van der Waals surface area contributed by atoms with E-state index in [9.17, 15) is 9.59 Å². The third kappa shape index (κ3) is 3.42. The van der Waals surface area contributed by atoms with Crippen molar-refractivity contribution in [2.75, 3.05) is 20.8 Å². The Morgan fingerprint density at radius 2 is 2.09 bits per heavy atom. The predicted octanol–water partition coefficient (Wildman–Crippen LogP) is 1.37. The lowest BCUT2D eigenvalue weighted by Gasteiger charge is -2.08. The summed E-state index contributed by atoms with van der Waals surface area (Å²) in [6, 6.07) is 5.06. The average molecular weight is 320 g/mol. The summed E-state index contributed by atoms with van der Waals surface area (Å²) < 4.78 is 15.8. The van der Waals surface area contributed by atoms with Gasteiger partial charge in [-0.2, -0.15) is 0 Å². The van der Waals surface area contributed by atoms with Crippen molar-refractivity contribution in [3.63, 3.8) is 0 Å². The van der Waals surface area contributed by atoms with Gasteiger partial charge in [0.05, 0.1) is 14.2 Å². The highest BCUT2D eigenvalue weighted by Crippen LogP contribution is 2.28. The minimum Gasteiger partial charge on any atom is -0.497 e. The van der Waals surface area contributed by atoms with E-state index >= 15 is 0 Å². The van der Waals surface area contributed by atoms with Gasteiger partial charge in [0.1, 0.15) is 11.5 Å². The van der Waals surface area contributed by atoms with Gasteiger partial charge in [0.2, 0.25) is 0 Å². The topological polar surface area (TPSA) is 86.7 Å². The standard InChI is InChI=1S/C15H16N2O6/c1-4-17-14(19)13(23-15(17)16-22-9-18)7-10-5-6-11(20-2)8-12(10)21-3/h5-9H,4H2,1-3H3/b13-7+,16-15+. The molecular formula is C15H16N2O6. The number of hydrogen-bond donors (Lipinski definition) is 0. The molecule has 8 nitrogen and oxygen atoms in total. The lowest BCUT2D eigenvalue weighted by atomic mass is 10.1. The molecule has 1 aromatic carbocycles. The van der Waals surface area contributed by atoms with Crippen molar-refractivity contribution in [1.82, 2.24) is 4.90 Å². The van der Waals surface area contributed by atoms with Gasteiger partial charge in [0.25, 0.3) is 5.91 Å². The zero-order valence-electron chi connectivity index (χ0n) is 12.9. The second-order valence-corrected chi connectivity index (χ2v) is 4.34. The Kier molecular flexibility index (Phi) is 5.19. The van der Waals surface area contributed by atoms with Crippen LogP contribution in [0.15, 0.2) is 29.1 Å². The Morgan fingerprint density at radius 1 is 1.30 bits per heavy atom. The molecule has 0 unspecified atom stereocenters. The molecule has 0 aliphatic carbocycles. The molecule has 0 radical (unpaired) electrons. The zero-order chi connectivity index (χ0) is 16.8. The first-order valence-corrected chi connectivity index (χ1v) is 6.75. The predicted molar refractivity (Wildman–Crippen MR) is 80.6 cm³/mol. The van der Waals surface area contributed by atoms with E-state index in [1.807, 2.05) is 0 Å². The van der Waals surface area contributed by atoms with Gasteiger partial charge >= 0.3 is 12.5 Å². The molecule has 1 saturated heterocycles. The Hall–Kier alpha value is -3.03. The van der Waals surface area contributed by atoms with E-state index in [1.165, 1.54) is 18.1 Å². The Labute approximate surface area is 132 Å². The molecule has 1 aliphatic heterocycles. The number of methoxy groups -OCH3 is 2. The van der Waals surface area contributed by atoms with Crippen LogP contribution in [0, 0.1) is 0 Å². The van der Waals surface area contributed by atoms with E-state index in [4.69, 9.17) is 14.2 Å². The highest BCUT2D eigenvalue weighted by atomic mass is 16.7. The maximum Gasteiger partial charge on any atom is 0.340 e. The van der Waals surface area contributed by atoms with Crippen LogP contribution in [0.25, 0.3) is 6.08 Å². The van der Waals surface area contributed by atoms with E-state index in [1.54, 1.807) is 32.2 Å². The molecule has 0 bridgehead atoms. The molecular weight excluding hydrogens is 304 g/mol. The normalized spacial score (nSPS) is 17.3. The summed E-state index contributed by atoms with van der Waals surface area (Å²) in [6.07, 6.45) is 1.52. The molecule has 8 heteroatoms. The van der Waals surface area contributed by atoms with Crippen LogP contribution in [-0.2, 0) is 19.2 Å². The van der Waals surface area contributed by atoms with Crippen LogP contribution in [0.4, 0.5) is 0 Å². The van der Waals surface area contributed by atoms with Crippen molar-refractivity contribution in [2.24, 2.45) is 5.16 Å². The van der Waals surface area contributed by atoms with Crippen LogP contribution in [0.1, 0.15) is 12.5 Å². The minimum absolute atomic E-state index is 0.0450. The van der Waals surface area contributed by atoms with Gasteiger partial charge in [-0.25, -0.2) is 0 Å². The number of oxime groups is 1. The average Bonchev–Trinajstić information content (AvgIpc) is 2.88. The molecule has 122 valence electrons. The summed E-state index contributed by atoms with van der Waals surface area (Å²) in [5.41, 5.74) is 0.630. The fourth-order valence-corrected chi connectivity index (χ4v) is 2.00. The van der Waals surface area contributed by atoms with Crippen molar-refractivity contribution in [1.29, 1.82) is 0 Å². The number of amides is 1. The molecule has 0 atom stereocenters. The summed E-state index contributed by atoms with van der Waals surface area (Å²) >= 11 is 0. The van der Waals surface area contributed by atoms with Gasteiger partial charge < -0.3 is 19.0 Å². The van der Waals surface area contributed by atoms with Crippen LogP contribution in [0.2, 0.25) is 0 Å². The first kappa shape index (κ1) is 16.3. The second-order valence-electron chi connectivity index (χ2n) is 4.34. The molecule has 0 spiro atoms. The third-order valence-corrected chi connectivity index (χ3v) is 3.11. The summed E-state index contributed by atoms with van der Waals surface area (Å²) in [5.74, 6) is 0.799. The Bertz CT molecular complexity index is 668. The molecule has 23 heavy (non-hydrogen) atoms. The molecule has 0 saturated carbocycles. The number of benzene rings is 1. The monoisotopic (exact) mass is 320 g/mol. The van der Waals surface area contributed by atoms with Crippen LogP contribution < -0.4 is 9.47 Å². The first-order chi connectivity index (χ1) is 11.1. The zero-order valence-corrected chi connectivity index (χ0v) is 12.9. The Morgan fingerprint density at radius 3 is 2.70 bits per heavy atom. The van der Waals surface area contributed by atoms with E-state index in [2.05, 4.69) is 9.99 Å². The molecule has 2 rings (SSSR count). The maximum absolute atomic E-state index is 12.3. The number of ether oxygens (including phenoxy) is 3. The summed E-state index contributed by atoms with van der Waals surface area (Å²) in [6.45, 7) is 2.20. The van der Waals surface area contributed by atoms with Gasteiger partial charge in [0, 0.05) is 18.2 Å². The van der Waals surface area contributed by atoms with E-state index in [0.29, 0.717) is 23.6 Å². The Balaban J connectivity index is 2.36. The van der Waals surface area contributed by atoms with Crippen molar-refractivity contribution >= 4 is 24.5 Å². The molecule has 1 aromatic rings. The number of hydrogen-bond acceptors (Lipinski definition) is 7. The van der Waals surface area contributed by atoms with Crippen LogP contribution in [-0.4, -0.2) is 44.1 Å². The first-order valence-electron chi connectivity index (χ1n) is 6.75. The van der Waals surface area contributed by atoms with Crippen molar-refractivity contribution < 1.29 is 28.6 Å². The number of carbonyl (C=O) groups is 2. The van der Waals surface area contributed by atoms with Crippen molar-refractivity contribution in [3.8, 4) is 11.5 Å². The third-order valence-electron chi connectivity index (χ3n) is 3.11. The number of nitrogens with zero attached hydrogens (tertiary/aromatic N) is 2. The van der Waals surface area contributed by atoms with E-state index in [-0.39, 0.29) is 18.3 Å². The van der Waals surface area contributed by atoms with Gasteiger partial charge in [-0.05, 0) is 30.3 Å². The van der Waals surface area contributed by atoms with E-state index < -0.39 is 5.91 Å². The largest absolute Gasteiger partial charge is 0.497 e. The van der Waals surface area contributed by atoms with E-state index in [0.717, 1.165) is 0 Å². The number of likely N-dealkylation sites (N-methyl/N-ethyl adjacent to an activating group) is 1. The molecule has 1 amide bonds. The SMILES string of the molecule is CCN1C(=O)/C(=C\c2ccc(OC)cc2OC)O/C1=N/OC=O. The molecule has 0 N–H and O–H groups in total. The lowest BCUT2D eigenvalue weighted by molar-refractivity contribution is -0.129. The van der Waals surface area contributed by atoms with Gasteiger partial charge in [-0.15, -0.1) is 0 Å². The van der Waals surface area contributed by atoms with Crippen molar-refractivity contribution in [3.05, 3.63) is 29.5 Å². The number of amidine groups is 1. The van der Waals surface area contributed by atoms with Crippen molar-refractivity contribution in [2.45, 2.75) is 6.92 Å². The minimum atomic E-state index is -0.390. The fourth-order valence-electron chi connectivity index (χ4n) is 2.00. The molecule has 1 fully saturated rings. The lowest BCUT2D eigenvalue weighted by Crippen LogP contribution is -2.29. The molecule has 1 heterocycles. The summed E-state index contributed by atoms with van der Waals surface area (Å²) in [4.78, 5) is 28.0. The summed E-state index contributed by atoms with van der Waals surface area (Å²) in [7, 11) is 3.06. The van der Waals surface area contributed by atoms with Gasteiger partial charge in [-0.3, -0.25) is 14.5 Å². The van der Waals surface area contributed by atoms with Gasteiger partial charge in [-0.1, -0.05) is 0 Å². The fraction of sp³-hybridized carbons (Fsp3) is 0.267.